The van der Waals surface area contributed by atoms with Gasteiger partial charge in [0.05, 0.1) is 4.90 Å². The van der Waals surface area contributed by atoms with E-state index in [9.17, 15) is 8.42 Å². The van der Waals surface area contributed by atoms with Crippen LogP contribution in [0.15, 0.2) is 41.8 Å². The summed E-state index contributed by atoms with van der Waals surface area (Å²) in [5.41, 5.74) is 1.05. The Morgan fingerprint density at radius 2 is 1.93 bits per heavy atom. The SMILES string of the molecule is C=CCSS(=O)(=O)c1ccc(C)cc1. The highest BCUT2D eigenvalue weighted by atomic mass is 33.1. The monoisotopic (exact) mass is 228 g/mol. The summed E-state index contributed by atoms with van der Waals surface area (Å²) in [5, 5.41) is 0. The van der Waals surface area contributed by atoms with Crippen LogP contribution in [0.3, 0.4) is 0 Å². The van der Waals surface area contributed by atoms with Gasteiger partial charge in [0.1, 0.15) is 0 Å². The molecular formula is C10H12O2S2. The van der Waals surface area contributed by atoms with E-state index >= 15 is 0 Å². The van der Waals surface area contributed by atoms with Crippen LogP contribution in [0, 0.1) is 6.92 Å². The number of hydrogen-bond acceptors (Lipinski definition) is 3. The first-order chi connectivity index (χ1) is 6.56. The van der Waals surface area contributed by atoms with E-state index < -0.39 is 8.87 Å². The Hall–Kier alpha value is -0.740. The maximum Gasteiger partial charge on any atom is 0.230 e. The third-order valence-corrected chi connectivity index (χ3v) is 5.10. The van der Waals surface area contributed by atoms with Gasteiger partial charge < -0.3 is 0 Å². The van der Waals surface area contributed by atoms with Gasteiger partial charge in [0.2, 0.25) is 8.87 Å². The summed E-state index contributed by atoms with van der Waals surface area (Å²) in [6.07, 6.45) is 1.58. The van der Waals surface area contributed by atoms with Crippen LogP contribution in [0.2, 0.25) is 0 Å². The highest BCUT2D eigenvalue weighted by Crippen LogP contribution is 2.23. The standard InChI is InChI=1S/C10H12O2S2/c1-3-8-13-14(11,12)10-6-4-9(2)5-7-10/h3-7H,1,8H2,2H3. The van der Waals surface area contributed by atoms with E-state index in [0.29, 0.717) is 10.6 Å². The molecule has 14 heavy (non-hydrogen) atoms. The minimum Gasteiger partial charge on any atom is -0.212 e. The molecular weight excluding hydrogens is 216 g/mol. The average Bonchev–Trinajstić information content (AvgIpc) is 2.16. The number of hydrogen-bond donors (Lipinski definition) is 0. The van der Waals surface area contributed by atoms with Crippen LogP contribution in [0.4, 0.5) is 0 Å². The second-order valence-corrected chi connectivity index (χ2v) is 6.81. The van der Waals surface area contributed by atoms with Gasteiger partial charge in [0, 0.05) is 5.75 Å². The molecule has 0 spiro atoms. The summed E-state index contributed by atoms with van der Waals surface area (Å²) < 4.78 is 23.2. The van der Waals surface area contributed by atoms with Crippen molar-refractivity contribution < 1.29 is 8.42 Å². The molecule has 1 rings (SSSR count). The van der Waals surface area contributed by atoms with Crippen molar-refractivity contribution in [2.24, 2.45) is 0 Å². The molecule has 0 amide bonds. The highest BCUT2D eigenvalue weighted by molar-refractivity contribution is 8.72. The van der Waals surface area contributed by atoms with E-state index in [-0.39, 0.29) is 0 Å². The molecule has 0 aliphatic heterocycles. The second-order valence-electron chi connectivity index (χ2n) is 2.84. The third-order valence-electron chi connectivity index (χ3n) is 1.65. The maximum atomic E-state index is 11.6. The van der Waals surface area contributed by atoms with Crippen molar-refractivity contribution in [1.29, 1.82) is 0 Å². The van der Waals surface area contributed by atoms with E-state index in [2.05, 4.69) is 6.58 Å². The second kappa shape index (κ2) is 4.66. The maximum absolute atomic E-state index is 11.6. The van der Waals surface area contributed by atoms with Gasteiger partial charge in [0.15, 0.2) is 0 Å². The predicted octanol–water partition coefficient (Wildman–Crippen LogP) is 2.60. The van der Waals surface area contributed by atoms with E-state index in [1.807, 2.05) is 6.92 Å². The van der Waals surface area contributed by atoms with Crippen LogP contribution < -0.4 is 0 Å². The van der Waals surface area contributed by atoms with Crippen LogP contribution >= 0.6 is 10.8 Å². The Balaban J connectivity index is 2.93. The quantitative estimate of drug-likeness (QED) is 0.587. The Morgan fingerprint density at radius 1 is 1.36 bits per heavy atom. The van der Waals surface area contributed by atoms with E-state index in [1.54, 1.807) is 30.3 Å². The minimum atomic E-state index is -3.19. The van der Waals surface area contributed by atoms with Crippen LogP contribution in [0.5, 0.6) is 0 Å². The lowest BCUT2D eigenvalue weighted by Crippen LogP contribution is -1.95. The van der Waals surface area contributed by atoms with Crippen molar-refractivity contribution in [2.75, 3.05) is 5.75 Å². The van der Waals surface area contributed by atoms with Gasteiger partial charge in [-0.2, -0.15) is 0 Å². The van der Waals surface area contributed by atoms with Crippen LogP contribution in [-0.4, -0.2) is 14.2 Å². The van der Waals surface area contributed by atoms with Crippen molar-refractivity contribution in [1.82, 2.24) is 0 Å². The molecule has 0 bridgehead atoms. The van der Waals surface area contributed by atoms with Crippen LogP contribution in [-0.2, 0) is 8.87 Å². The fourth-order valence-corrected chi connectivity index (χ4v) is 3.36. The number of rotatable bonds is 4. The summed E-state index contributed by atoms with van der Waals surface area (Å²) >= 11 is 0. The van der Waals surface area contributed by atoms with Gasteiger partial charge >= 0.3 is 0 Å². The van der Waals surface area contributed by atoms with Gasteiger partial charge in [0.25, 0.3) is 0 Å². The molecule has 0 saturated carbocycles. The smallest absolute Gasteiger partial charge is 0.212 e. The number of aryl methyl sites for hydroxylation is 1. The summed E-state index contributed by atoms with van der Waals surface area (Å²) in [6.45, 7) is 5.41. The van der Waals surface area contributed by atoms with Crippen molar-refractivity contribution in [3.63, 3.8) is 0 Å². The Kier molecular flexibility index (Phi) is 3.77. The van der Waals surface area contributed by atoms with E-state index in [4.69, 9.17) is 0 Å². The number of benzene rings is 1. The zero-order chi connectivity index (χ0) is 10.6. The van der Waals surface area contributed by atoms with Gasteiger partial charge in [-0.05, 0) is 29.9 Å². The molecule has 0 atom stereocenters. The Morgan fingerprint density at radius 3 is 2.43 bits per heavy atom. The lowest BCUT2D eigenvalue weighted by atomic mass is 10.2. The summed E-state index contributed by atoms with van der Waals surface area (Å²) in [4.78, 5) is 0.356. The molecule has 1 aromatic rings. The fraction of sp³-hybridized carbons (Fsp3) is 0.200. The normalized spacial score (nSPS) is 11.2. The zero-order valence-electron chi connectivity index (χ0n) is 7.93. The molecule has 0 aromatic heterocycles. The molecule has 2 nitrogen and oxygen atoms in total. The van der Waals surface area contributed by atoms with Gasteiger partial charge in [-0.15, -0.1) is 6.58 Å². The third kappa shape index (κ3) is 2.89. The Labute approximate surface area is 88.4 Å². The first-order valence-electron chi connectivity index (χ1n) is 4.13. The summed E-state index contributed by atoms with van der Waals surface area (Å²) in [7, 11) is -2.30. The molecule has 76 valence electrons. The lowest BCUT2D eigenvalue weighted by molar-refractivity contribution is 0.610. The van der Waals surface area contributed by atoms with Crippen LogP contribution in [0.1, 0.15) is 5.56 Å². The molecule has 4 heteroatoms. The van der Waals surface area contributed by atoms with Crippen molar-refractivity contribution in [2.45, 2.75) is 11.8 Å². The lowest BCUT2D eigenvalue weighted by Gasteiger charge is -2.01. The largest absolute Gasteiger partial charge is 0.230 e. The topological polar surface area (TPSA) is 34.1 Å². The fourth-order valence-electron chi connectivity index (χ4n) is 0.911. The molecule has 0 saturated heterocycles. The molecule has 0 aliphatic carbocycles. The molecule has 0 fully saturated rings. The summed E-state index contributed by atoms with van der Waals surface area (Å²) in [5.74, 6) is 0.413. The molecule has 0 N–H and O–H groups in total. The van der Waals surface area contributed by atoms with Crippen molar-refractivity contribution >= 4 is 19.7 Å². The van der Waals surface area contributed by atoms with E-state index in [0.717, 1.165) is 16.4 Å². The van der Waals surface area contributed by atoms with Gasteiger partial charge in [-0.25, -0.2) is 8.42 Å². The highest BCUT2D eigenvalue weighted by Gasteiger charge is 2.13. The molecule has 0 unspecified atom stereocenters. The molecule has 1 aromatic carbocycles. The molecule has 0 aliphatic rings. The predicted molar refractivity (Wildman–Crippen MR) is 61.0 cm³/mol. The van der Waals surface area contributed by atoms with Gasteiger partial charge in [-0.1, -0.05) is 23.8 Å². The first-order valence-corrected chi connectivity index (χ1v) is 7.12. The average molecular weight is 228 g/mol. The zero-order valence-corrected chi connectivity index (χ0v) is 9.57. The first kappa shape index (κ1) is 11.3. The summed E-state index contributed by atoms with van der Waals surface area (Å²) in [6, 6.07) is 6.84. The van der Waals surface area contributed by atoms with E-state index in [1.165, 1.54) is 0 Å². The van der Waals surface area contributed by atoms with Crippen LogP contribution in [0.25, 0.3) is 0 Å². The van der Waals surface area contributed by atoms with Crippen molar-refractivity contribution in [3.8, 4) is 0 Å². The van der Waals surface area contributed by atoms with Gasteiger partial charge in [-0.3, -0.25) is 0 Å². The van der Waals surface area contributed by atoms with Crippen molar-refractivity contribution in [3.05, 3.63) is 42.5 Å². The Bertz CT molecular complexity index is 404. The minimum absolute atomic E-state index is 0.356. The molecule has 0 heterocycles. The molecule has 0 radical (unpaired) electrons.